The van der Waals surface area contributed by atoms with Gasteiger partial charge in [-0.1, -0.05) is 30.3 Å². The SMILES string of the molecule is COC(=O)C(CNc1ncccc1-c1ccccc1)NC(=O)c1ccc2[nH]c(-c3ccnc(N)n3)cc2c1. The number of hydrogen-bond acceptors (Lipinski definition) is 8. The number of nitrogens with one attached hydrogen (secondary N) is 3. The summed E-state index contributed by atoms with van der Waals surface area (Å²) in [6.07, 6.45) is 3.24. The lowest BCUT2D eigenvalue weighted by molar-refractivity contribution is -0.142. The number of rotatable bonds is 8. The zero-order valence-electron chi connectivity index (χ0n) is 20.5. The Balaban J connectivity index is 1.33. The number of carbonyl (C=O) groups excluding carboxylic acids is 2. The second-order valence-corrected chi connectivity index (χ2v) is 8.48. The number of fused-ring (bicyclic) bond motifs is 1. The van der Waals surface area contributed by atoms with Gasteiger partial charge in [-0.3, -0.25) is 4.79 Å². The maximum absolute atomic E-state index is 13.1. The number of pyridine rings is 1. The molecule has 1 amide bonds. The van der Waals surface area contributed by atoms with E-state index in [0.717, 1.165) is 27.7 Å². The number of aromatic amines is 1. The summed E-state index contributed by atoms with van der Waals surface area (Å²) in [7, 11) is 1.28. The number of esters is 1. The zero-order valence-corrected chi connectivity index (χ0v) is 20.5. The first-order valence-corrected chi connectivity index (χ1v) is 11.9. The largest absolute Gasteiger partial charge is 0.467 e. The molecule has 0 saturated heterocycles. The number of hydrogen-bond donors (Lipinski definition) is 4. The Hall–Kier alpha value is -5.25. The van der Waals surface area contributed by atoms with Crippen LogP contribution in [0.1, 0.15) is 10.4 Å². The highest BCUT2D eigenvalue weighted by Crippen LogP contribution is 2.26. The van der Waals surface area contributed by atoms with Crippen molar-refractivity contribution in [3.63, 3.8) is 0 Å². The van der Waals surface area contributed by atoms with E-state index < -0.39 is 17.9 Å². The summed E-state index contributed by atoms with van der Waals surface area (Å²) in [5.74, 6) is -0.226. The van der Waals surface area contributed by atoms with Crippen molar-refractivity contribution in [2.24, 2.45) is 0 Å². The zero-order chi connectivity index (χ0) is 26.5. The summed E-state index contributed by atoms with van der Waals surface area (Å²) in [4.78, 5) is 41.5. The number of aromatic nitrogens is 4. The van der Waals surface area contributed by atoms with E-state index in [0.29, 0.717) is 17.1 Å². The summed E-state index contributed by atoms with van der Waals surface area (Å²) in [6, 6.07) is 21.4. The van der Waals surface area contributed by atoms with Gasteiger partial charge in [0.05, 0.1) is 18.5 Å². The summed E-state index contributed by atoms with van der Waals surface area (Å²) in [6.45, 7) is 0.0843. The maximum atomic E-state index is 13.1. The van der Waals surface area contributed by atoms with Crippen LogP contribution in [-0.2, 0) is 9.53 Å². The molecule has 0 radical (unpaired) electrons. The number of nitrogens with two attached hydrogens (primary N) is 1. The molecule has 0 bridgehead atoms. The molecule has 0 aliphatic carbocycles. The Morgan fingerprint density at radius 2 is 1.84 bits per heavy atom. The first-order chi connectivity index (χ1) is 18.5. The number of nitrogens with zero attached hydrogens (tertiary/aromatic N) is 3. The number of methoxy groups -OCH3 is 1. The summed E-state index contributed by atoms with van der Waals surface area (Å²) in [5.41, 5.74) is 10.2. The maximum Gasteiger partial charge on any atom is 0.330 e. The molecule has 3 heterocycles. The Kier molecular flexibility index (Phi) is 6.94. The third-order valence-corrected chi connectivity index (χ3v) is 5.99. The first-order valence-electron chi connectivity index (χ1n) is 11.9. The second kappa shape index (κ2) is 10.8. The number of ether oxygens (including phenoxy) is 1. The van der Waals surface area contributed by atoms with Gasteiger partial charge in [0, 0.05) is 41.0 Å². The third kappa shape index (κ3) is 5.29. The van der Waals surface area contributed by atoms with Crippen LogP contribution in [-0.4, -0.2) is 51.5 Å². The summed E-state index contributed by atoms with van der Waals surface area (Å²) < 4.78 is 4.94. The van der Waals surface area contributed by atoms with Gasteiger partial charge in [0.1, 0.15) is 11.9 Å². The predicted octanol–water partition coefficient (Wildman–Crippen LogP) is 3.65. The molecule has 1 unspecified atom stereocenters. The van der Waals surface area contributed by atoms with Gasteiger partial charge >= 0.3 is 5.97 Å². The fourth-order valence-electron chi connectivity index (χ4n) is 4.11. The molecule has 5 rings (SSSR count). The third-order valence-electron chi connectivity index (χ3n) is 5.99. The van der Waals surface area contributed by atoms with Crippen LogP contribution < -0.4 is 16.4 Å². The van der Waals surface area contributed by atoms with Crippen molar-refractivity contribution < 1.29 is 14.3 Å². The lowest BCUT2D eigenvalue weighted by atomic mass is 10.1. The smallest absolute Gasteiger partial charge is 0.330 e. The van der Waals surface area contributed by atoms with Gasteiger partial charge in [0.25, 0.3) is 5.91 Å². The summed E-state index contributed by atoms with van der Waals surface area (Å²) >= 11 is 0. The van der Waals surface area contributed by atoms with Crippen molar-refractivity contribution in [3.05, 3.63) is 90.8 Å². The number of carbonyl (C=O) groups is 2. The predicted molar refractivity (Wildman–Crippen MR) is 145 cm³/mol. The van der Waals surface area contributed by atoms with Crippen LogP contribution in [0.5, 0.6) is 0 Å². The molecule has 0 saturated carbocycles. The van der Waals surface area contributed by atoms with Crippen molar-refractivity contribution >= 4 is 34.5 Å². The molecule has 190 valence electrons. The van der Waals surface area contributed by atoms with Crippen LogP contribution in [0.25, 0.3) is 33.4 Å². The molecule has 0 fully saturated rings. The fraction of sp³-hybridized carbons (Fsp3) is 0.107. The number of benzene rings is 2. The average Bonchev–Trinajstić information content (AvgIpc) is 3.39. The fourth-order valence-corrected chi connectivity index (χ4v) is 4.11. The minimum absolute atomic E-state index is 0.0843. The molecule has 10 nitrogen and oxygen atoms in total. The monoisotopic (exact) mass is 507 g/mol. The molecular weight excluding hydrogens is 482 g/mol. The molecule has 5 N–H and O–H groups in total. The van der Waals surface area contributed by atoms with Crippen LogP contribution in [0.3, 0.4) is 0 Å². The number of H-pyrrole nitrogens is 1. The number of amides is 1. The van der Waals surface area contributed by atoms with Gasteiger partial charge in [0.2, 0.25) is 5.95 Å². The van der Waals surface area contributed by atoms with E-state index in [-0.39, 0.29) is 12.5 Å². The Morgan fingerprint density at radius 1 is 1.00 bits per heavy atom. The van der Waals surface area contributed by atoms with Gasteiger partial charge in [-0.15, -0.1) is 0 Å². The van der Waals surface area contributed by atoms with Gasteiger partial charge in [-0.2, -0.15) is 0 Å². The van der Waals surface area contributed by atoms with Gasteiger partial charge in [-0.25, -0.2) is 19.7 Å². The molecule has 1 atom stereocenters. The van der Waals surface area contributed by atoms with Crippen LogP contribution in [0.2, 0.25) is 0 Å². The first kappa shape index (κ1) is 24.4. The molecule has 38 heavy (non-hydrogen) atoms. The van der Waals surface area contributed by atoms with E-state index in [2.05, 4.69) is 30.6 Å². The normalized spacial score (nSPS) is 11.6. The van der Waals surface area contributed by atoms with E-state index in [1.807, 2.05) is 48.5 Å². The lowest BCUT2D eigenvalue weighted by Gasteiger charge is -2.19. The molecule has 3 aromatic heterocycles. The van der Waals surface area contributed by atoms with E-state index >= 15 is 0 Å². The molecule has 5 aromatic rings. The van der Waals surface area contributed by atoms with Crippen molar-refractivity contribution in [2.75, 3.05) is 24.7 Å². The molecule has 10 heteroatoms. The van der Waals surface area contributed by atoms with Crippen molar-refractivity contribution in [1.29, 1.82) is 0 Å². The van der Waals surface area contributed by atoms with Crippen molar-refractivity contribution in [2.45, 2.75) is 6.04 Å². The van der Waals surface area contributed by atoms with Gasteiger partial charge in [0.15, 0.2) is 0 Å². The lowest BCUT2D eigenvalue weighted by Crippen LogP contribution is -2.46. The molecule has 2 aromatic carbocycles. The minimum atomic E-state index is -0.945. The quantitative estimate of drug-likeness (QED) is 0.233. The Bertz CT molecular complexity index is 1600. The van der Waals surface area contributed by atoms with Crippen molar-refractivity contribution in [1.82, 2.24) is 25.3 Å². The Labute approximate surface area is 218 Å². The van der Waals surface area contributed by atoms with Crippen LogP contribution in [0.15, 0.2) is 85.2 Å². The minimum Gasteiger partial charge on any atom is -0.467 e. The number of nitrogen functional groups attached to an aromatic ring is 1. The van der Waals surface area contributed by atoms with Crippen LogP contribution >= 0.6 is 0 Å². The average molecular weight is 508 g/mol. The standard InChI is InChI=1S/C28H25N7O3/c1-38-27(37)24(16-32-25-20(8-5-12-30-25)17-6-3-2-4-7-17)34-26(36)18-9-10-21-19(14-18)15-23(33-21)22-11-13-31-28(29)35-22/h2-15,24,33H,16H2,1H3,(H,30,32)(H,34,36)(H2,29,31,35). The topological polar surface area (TPSA) is 148 Å². The molecule has 0 aliphatic rings. The van der Waals surface area contributed by atoms with Crippen LogP contribution in [0, 0.1) is 0 Å². The highest BCUT2D eigenvalue weighted by atomic mass is 16.5. The van der Waals surface area contributed by atoms with E-state index in [4.69, 9.17) is 10.5 Å². The molecule has 0 spiro atoms. The molecular formula is C28H25N7O3. The molecule has 0 aliphatic heterocycles. The van der Waals surface area contributed by atoms with E-state index in [9.17, 15) is 9.59 Å². The van der Waals surface area contributed by atoms with Crippen molar-refractivity contribution in [3.8, 4) is 22.5 Å². The second-order valence-electron chi connectivity index (χ2n) is 8.48. The van der Waals surface area contributed by atoms with E-state index in [1.165, 1.54) is 7.11 Å². The highest BCUT2D eigenvalue weighted by Gasteiger charge is 2.23. The highest BCUT2D eigenvalue weighted by molar-refractivity contribution is 6.00. The van der Waals surface area contributed by atoms with Gasteiger partial charge in [-0.05, 0) is 48.0 Å². The summed E-state index contributed by atoms with van der Waals surface area (Å²) in [5, 5.41) is 6.76. The van der Waals surface area contributed by atoms with Gasteiger partial charge < -0.3 is 26.1 Å². The van der Waals surface area contributed by atoms with Crippen LogP contribution in [0.4, 0.5) is 11.8 Å². The number of anilines is 2. The Morgan fingerprint density at radius 3 is 2.63 bits per heavy atom. The van der Waals surface area contributed by atoms with E-state index in [1.54, 1.807) is 36.7 Å².